The van der Waals surface area contributed by atoms with Crippen LogP contribution in [-0.4, -0.2) is 11.7 Å². The average molecular weight is 339 g/mol. The van der Waals surface area contributed by atoms with E-state index in [0.29, 0.717) is 18.0 Å². The second-order valence-electron chi connectivity index (χ2n) is 5.99. The molecule has 0 fully saturated rings. The number of nitrogens with zero attached hydrogens (tertiary/aromatic N) is 1. The molecule has 0 saturated heterocycles. The van der Waals surface area contributed by atoms with Crippen LogP contribution in [0.15, 0.2) is 53.2 Å². The molecule has 1 aliphatic rings. The zero-order valence-corrected chi connectivity index (χ0v) is 14.5. The van der Waals surface area contributed by atoms with Crippen LogP contribution in [0.2, 0.25) is 5.02 Å². The SMILES string of the molecule is Cc1ccc(/C=C2\N=C(CCc3ccccc3Cl)NC2=O)c(C)c1. The van der Waals surface area contributed by atoms with Crippen LogP contribution in [0.1, 0.15) is 28.7 Å². The van der Waals surface area contributed by atoms with Gasteiger partial charge in [-0.15, -0.1) is 0 Å². The number of carbonyl (C=O) groups is 1. The number of aliphatic imine (C=N–C) groups is 1. The number of rotatable bonds is 4. The van der Waals surface area contributed by atoms with Crippen molar-refractivity contribution in [1.82, 2.24) is 5.32 Å². The first kappa shape index (κ1) is 16.5. The van der Waals surface area contributed by atoms with Gasteiger partial charge in [-0.2, -0.15) is 0 Å². The maximum atomic E-state index is 12.1. The molecule has 0 saturated carbocycles. The van der Waals surface area contributed by atoms with Crippen molar-refractivity contribution in [3.05, 3.63) is 75.4 Å². The van der Waals surface area contributed by atoms with E-state index >= 15 is 0 Å². The van der Waals surface area contributed by atoms with Crippen LogP contribution in [0.25, 0.3) is 6.08 Å². The van der Waals surface area contributed by atoms with E-state index in [9.17, 15) is 4.79 Å². The number of hydrogen-bond acceptors (Lipinski definition) is 2. The molecule has 3 nitrogen and oxygen atoms in total. The molecule has 2 aromatic rings. The predicted octanol–water partition coefficient (Wildman–Crippen LogP) is 4.46. The Kier molecular flexibility index (Phi) is 4.81. The minimum Gasteiger partial charge on any atom is -0.309 e. The maximum Gasteiger partial charge on any atom is 0.275 e. The maximum absolute atomic E-state index is 12.1. The summed E-state index contributed by atoms with van der Waals surface area (Å²) in [6.45, 7) is 4.09. The molecule has 0 aliphatic carbocycles. The van der Waals surface area contributed by atoms with Gasteiger partial charge in [0.25, 0.3) is 5.91 Å². The molecule has 4 heteroatoms. The highest BCUT2D eigenvalue weighted by Crippen LogP contribution is 2.20. The van der Waals surface area contributed by atoms with Gasteiger partial charge in [0.1, 0.15) is 11.5 Å². The third-order valence-electron chi connectivity index (χ3n) is 4.05. The lowest BCUT2D eigenvalue weighted by molar-refractivity contribution is -0.115. The standard InChI is InChI=1S/C20H19ClN2O/c1-13-7-8-16(14(2)11-13)12-18-20(24)23-19(22-18)10-9-15-5-3-4-6-17(15)21/h3-8,11-12H,9-10H2,1-2H3,(H,22,23,24)/b18-12-. The Morgan fingerprint density at radius 3 is 2.67 bits per heavy atom. The second kappa shape index (κ2) is 7.02. The van der Waals surface area contributed by atoms with Gasteiger partial charge in [-0.05, 0) is 49.1 Å². The Hall–Kier alpha value is -2.39. The molecular weight excluding hydrogens is 320 g/mol. The van der Waals surface area contributed by atoms with Gasteiger partial charge in [0.2, 0.25) is 0 Å². The van der Waals surface area contributed by atoms with Crippen LogP contribution in [0.3, 0.4) is 0 Å². The van der Waals surface area contributed by atoms with E-state index in [-0.39, 0.29) is 5.91 Å². The lowest BCUT2D eigenvalue weighted by Crippen LogP contribution is -2.24. The highest BCUT2D eigenvalue weighted by molar-refractivity contribution is 6.31. The van der Waals surface area contributed by atoms with Crippen molar-refractivity contribution in [2.24, 2.45) is 4.99 Å². The number of amidine groups is 1. The molecule has 1 heterocycles. The van der Waals surface area contributed by atoms with Crippen LogP contribution < -0.4 is 5.32 Å². The molecule has 0 atom stereocenters. The van der Waals surface area contributed by atoms with Crippen molar-refractivity contribution >= 4 is 29.4 Å². The van der Waals surface area contributed by atoms with Crippen LogP contribution in [0.4, 0.5) is 0 Å². The topological polar surface area (TPSA) is 41.5 Å². The lowest BCUT2D eigenvalue weighted by Gasteiger charge is -2.03. The number of nitrogens with one attached hydrogen (secondary N) is 1. The van der Waals surface area contributed by atoms with E-state index in [1.165, 1.54) is 5.56 Å². The first-order valence-electron chi connectivity index (χ1n) is 7.94. The van der Waals surface area contributed by atoms with E-state index < -0.39 is 0 Å². The van der Waals surface area contributed by atoms with Gasteiger partial charge in [-0.1, -0.05) is 53.6 Å². The zero-order valence-electron chi connectivity index (χ0n) is 13.8. The van der Waals surface area contributed by atoms with Crippen LogP contribution >= 0.6 is 11.6 Å². The van der Waals surface area contributed by atoms with Crippen molar-refractivity contribution < 1.29 is 4.79 Å². The summed E-state index contributed by atoms with van der Waals surface area (Å²) >= 11 is 6.17. The number of hydrogen-bond donors (Lipinski definition) is 1. The number of aryl methyl sites for hydroxylation is 3. The quantitative estimate of drug-likeness (QED) is 0.822. The molecule has 3 rings (SSSR count). The van der Waals surface area contributed by atoms with E-state index in [4.69, 9.17) is 11.6 Å². The van der Waals surface area contributed by atoms with E-state index in [2.05, 4.69) is 23.3 Å². The van der Waals surface area contributed by atoms with Crippen molar-refractivity contribution in [2.45, 2.75) is 26.7 Å². The Labute approximate surface area is 147 Å². The summed E-state index contributed by atoms with van der Waals surface area (Å²) in [5.41, 5.74) is 4.87. The first-order valence-corrected chi connectivity index (χ1v) is 8.32. The largest absolute Gasteiger partial charge is 0.309 e. The van der Waals surface area contributed by atoms with Crippen LogP contribution in [0, 0.1) is 13.8 Å². The normalized spacial score (nSPS) is 15.5. The zero-order chi connectivity index (χ0) is 17.1. The van der Waals surface area contributed by atoms with E-state index in [1.807, 2.05) is 49.4 Å². The third-order valence-corrected chi connectivity index (χ3v) is 4.42. The Morgan fingerprint density at radius 1 is 1.12 bits per heavy atom. The predicted molar refractivity (Wildman–Crippen MR) is 99.2 cm³/mol. The van der Waals surface area contributed by atoms with Crippen molar-refractivity contribution in [2.75, 3.05) is 0 Å². The van der Waals surface area contributed by atoms with Crippen LogP contribution in [0.5, 0.6) is 0 Å². The van der Waals surface area contributed by atoms with Gasteiger partial charge in [0.05, 0.1) is 0 Å². The van der Waals surface area contributed by atoms with Crippen molar-refractivity contribution in [3.63, 3.8) is 0 Å². The fourth-order valence-electron chi connectivity index (χ4n) is 2.72. The van der Waals surface area contributed by atoms with Gasteiger partial charge < -0.3 is 5.32 Å². The van der Waals surface area contributed by atoms with Crippen LogP contribution in [-0.2, 0) is 11.2 Å². The molecule has 1 amide bonds. The fraction of sp³-hybridized carbons (Fsp3) is 0.200. The van der Waals surface area contributed by atoms with Gasteiger partial charge in [-0.25, -0.2) is 4.99 Å². The molecule has 122 valence electrons. The monoisotopic (exact) mass is 338 g/mol. The van der Waals surface area contributed by atoms with E-state index in [0.717, 1.165) is 28.1 Å². The molecular formula is C20H19ClN2O. The number of amides is 1. The Bertz CT molecular complexity index is 852. The highest BCUT2D eigenvalue weighted by Gasteiger charge is 2.20. The van der Waals surface area contributed by atoms with Crippen molar-refractivity contribution in [3.8, 4) is 0 Å². The third kappa shape index (κ3) is 3.74. The summed E-state index contributed by atoms with van der Waals surface area (Å²) in [6.07, 6.45) is 3.24. The molecule has 0 unspecified atom stereocenters. The van der Waals surface area contributed by atoms with E-state index in [1.54, 1.807) is 0 Å². The van der Waals surface area contributed by atoms with Gasteiger partial charge >= 0.3 is 0 Å². The molecule has 2 aromatic carbocycles. The van der Waals surface area contributed by atoms with Crippen molar-refractivity contribution in [1.29, 1.82) is 0 Å². The Morgan fingerprint density at radius 2 is 1.92 bits per heavy atom. The number of benzene rings is 2. The molecule has 0 bridgehead atoms. The lowest BCUT2D eigenvalue weighted by atomic mass is 10.0. The molecule has 1 aliphatic heterocycles. The average Bonchev–Trinajstić information content (AvgIpc) is 2.89. The number of halogens is 1. The summed E-state index contributed by atoms with van der Waals surface area (Å²) in [5, 5.41) is 3.59. The summed E-state index contributed by atoms with van der Waals surface area (Å²) in [7, 11) is 0. The fourth-order valence-corrected chi connectivity index (χ4v) is 2.95. The Balaban J connectivity index is 1.75. The minimum atomic E-state index is -0.149. The van der Waals surface area contributed by atoms with Gasteiger partial charge in [0, 0.05) is 11.4 Å². The highest BCUT2D eigenvalue weighted by atomic mass is 35.5. The molecule has 0 radical (unpaired) electrons. The summed E-state index contributed by atoms with van der Waals surface area (Å²) in [5.74, 6) is 0.542. The molecule has 1 N–H and O–H groups in total. The summed E-state index contributed by atoms with van der Waals surface area (Å²) in [4.78, 5) is 16.6. The first-order chi connectivity index (χ1) is 11.5. The minimum absolute atomic E-state index is 0.149. The second-order valence-corrected chi connectivity index (χ2v) is 6.40. The number of carbonyl (C=O) groups excluding carboxylic acids is 1. The summed E-state index contributed by atoms with van der Waals surface area (Å²) in [6, 6.07) is 13.9. The smallest absolute Gasteiger partial charge is 0.275 e. The summed E-state index contributed by atoms with van der Waals surface area (Å²) < 4.78 is 0. The molecule has 0 spiro atoms. The molecule has 24 heavy (non-hydrogen) atoms. The molecule has 0 aromatic heterocycles. The van der Waals surface area contributed by atoms with Gasteiger partial charge in [0.15, 0.2) is 0 Å². The van der Waals surface area contributed by atoms with Gasteiger partial charge in [-0.3, -0.25) is 4.79 Å².